The molecule has 4 heteroatoms. The van der Waals surface area contributed by atoms with Crippen molar-refractivity contribution in [1.29, 1.82) is 0 Å². The molecule has 0 aliphatic carbocycles. The van der Waals surface area contributed by atoms with E-state index in [0.29, 0.717) is 12.1 Å². The summed E-state index contributed by atoms with van der Waals surface area (Å²) in [4.78, 5) is 12.2. The molecule has 1 atom stereocenters. The number of nitrogens with two attached hydrogens (primary N) is 1. The first kappa shape index (κ1) is 14.5. The summed E-state index contributed by atoms with van der Waals surface area (Å²) in [6, 6.07) is 7.70. The van der Waals surface area contributed by atoms with Crippen molar-refractivity contribution < 1.29 is 0 Å². The third kappa shape index (κ3) is 2.65. The van der Waals surface area contributed by atoms with Crippen LogP contribution in [0.25, 0.3) is 11.3 Å². The first-order valence-electron chi connectivity index (χ1n) is 6.89. The highest BCUT2D eigenvalue weighted by atomic mass is 16.1. The fourth-order valence-electron chi connectivity index (χ4n) is 2.14. The average molecular weight is 271 g/mol. The molecule has 20 heavy (non-hydrogen) atoms. The van der Waals surface area contributed by atoms with Gasteiger partial charge in [-0.15, -0.1) is 0 Å². The summed E-state index contributed by atoms with van der Waals surface area (Å²) in [7, 11) is 0. The van der Waals surface area contributed by atoms with Crippen LogP contribution in [0.5, 0.6) is 0 Å². The lowest BCUT2D eigenvalue weighted by Crippen LogP contribution is -2.29. The van der Waals surface area contributed by atoms with Gasteiger partial charge in [0.15, 0.2) is 0 Å². The van der Waals surface area contributed by atoms with Crippen LogP contribution in [0.4, 0.5) is 0 Å². The SMILES string of the molecule is CCn1nc(-c2ccc(C)c(C)c2)cc(C(C)N)c1=O. The van der Waals surface area contributed by atoms with Gasteiger partial charge in [-0.1, -0.05) is 12.1 Å². The topological polar surface area (TPSA) is 60.9 Å². The molecule has 0 aliphatic rings. The van der Waals surface area contributed by atoms with Crippen LogP contribution < -0.4 is 11.3 Å². The monoisotopic (exact) mass is 271 g/mol. The quantitative estimate of drug-likeness (QED) is 0.933. The molecule has 1 unspecified atom stereocenters. The van der Waals surface area contributed by atoms with E-state index >= 15 is 0 Å². The molecule has 106 valence electrons. The molecule has 1 aromatic carbocycles. The van der Waals surface area contributed by atoms with E-state index in [1.54, 1.807) is 0 Å². The van der Waals surface area contributed by atoms with Gasteiger partial charge in [-0.05, 0) is 51.0 Å². The molecule has 0 amide bonds. The Morgan fingerprint density at radius 3 is 2.50 bits per heavy atom. The second kappa shape index (κ2) is 5.59. The lowest BCUT2D eigenvalue weighted by molar-refractivity contribution is 0.601. The van der Waals surface area contributed by atoms with Gasteiger partial charge in [0.25, 0.3) is 5.56 Å². The van der Waals surface area contributed by atoms with Crippen molar-refractivity contribution in [2.45, 2.75) is 40.3 Å². The summed E-state index contributed by atoms with van der Waals surface area (Å²) >= 11 is 0. The Hall–Kier alpha value is -1.94. The Morgan fingerprint density at radius 2 is 1.95 bits per heavy atom. The van der Waals surface area contributed by atoms with E-state index in [1.165, 1.54) is 15.8 Å². The second-order valence-corrected chi connectivity index (χ2v) is 5.19. The molecular weight excluding hydrogens is 250 g/mol. The molecule has 1 aromatic heterocycles. The molecule has 0 saturated carbocycles. The van der Waals surface area contributed by atoms with E-state index < -0.39 is 0 Å². The number of rotatable bonds is 3. The van der Waals surface area contributed by atoms with Crippen LogP contribution >= 0.6 is 0 Å². The number of nitrogens with zero attached hydrogens (tertiary/aromatic N) is 2. The van der Waals surface area contributed by atoms with E-state index in [9.17, 15) is 4.79 Å². The van der Waals surface area contributed by atoms with E-state index in [4.69, 9.17) is 5.73 Å². The summed E-state index contributed by atoms with van der Waals surface area (Å²) in [5.74, 6) is 0. The largest absolute Gasteiger partial charge is 0.324 e. The van der Waals surface area contributed by atoms with E-state index in [0.717, 1.165) is 11.3 Å². The van der Waals surface area contributed by atoms with Crippen LogP contribution in [0, 0.1) is 13.8 Å². The molecule has 0 fully saturated rings. The van der Waals surface area contributed by atoms with Crippen molar-refractivity contribution >= 4 is 0 Å². The van der Waals surface area contributed by atoms with Crippen molar-refractivity contribution in [2.75, 3.05) is 0 Å². The molecule has 4 nitrogen and oxygen atoms in total. The highest BCUT2D eigenvalue weighted by Crippen LogP contribution is 2.21. The fraction of sp³-hybridized carbons (Fsp3) is 0.375. The fourth-order valence-corrected chi connectivity index (χ4v) is 2.14. The molecule has 1 heterocycles. The van der Waals surface area contributed by atoms with E-state index in [1.807, 2.05) is 26.0 Å². The van der Waals surface area contributed by atoms with Crippen LogP contribution in [-0.2, 0) is 6.54 Å². The average Bonchev–Trinajstić information content (AvgIpc) is 2.42. The van der Waals surface area contributed by atoms with Gasteiger partial charge in [0.1, 0.15) is 0 Å². The first-order chi connectivity index (χ1) is 9.43. The maximum absolute atomic E-state index is 12.2. The molecule has 0 bridgehead atoms. The molecule has 0 aliphatic heterocycles. The Kier molecular flexibility index (Phi) is 4.04. The van der Waals surface area contributed by atoms with Crippen molar-refractivity contribution in [3.8, 4) is 11.3 Å². The Bertz CT molecular complexity index is 687. The van der Waals surface area contributed by atoms with E-state index in [2.05, 4.69) is 31.1 Å². The van der Waals surface area contributed by atoms with Gasteiger partial charge in [0, 0.05) is 23.7 Å². The maximum atomic E-state index is 12.2. The third-order valence-corrected chi connectivity index (χ3v) is 3.59. The van der Waals surface area contributed by atoms with Gasteiger partial charge < -0.3 is 5.73 Å². The normalized spacial score (nSPS) is 12.4. The van der Waals surface area contributed by atoms with Gasteiger partial charge in [-0.2, -0.15) is 5.10 Å². The molecule has 0 radical (unpaired) electrons. The number of benzene rings is 1. The van der Waals surface area contributed by atoms with Crippen molar-refractivity contribution in [3.05, 3.63) is 51.3 Å². The van der Waals surface area contributed by atoms with Crippen LogP contribution in [-0.4, -0.2) is 9.78 Å². The molecule has 0 saturated heterocycles. The summed E-state index contributed by atoms with van der Waals surface area (Å²) < 4.78 is 1.48. The number of hydrogen-bond donors (Lipinski definition) is 1. The molecule has 2 N–H and O–H groups in total. The minimum atomic E-state index is -0.298. The zero-order valence-corrected chi connectivity index (χ0v) is 12.5. The lowest BCUT2D eigenvalue weighted by Gasteiger charge is -2.12. The van der Waals surface area contributed by atoms with Gasteiger partial charge in [0.05, 0.1) is 5.69 Å². The Morgan fingerprint density at radius 1 is 1.25 bits per heavy atom. The predicted molar refractivity (Wildman–Crippen MR) is 81.7 cm³/mol. The van der Waals surface area contributed by atoms with Crippen LogP contribution in [0.15, 0.2) is 29.1 Å². The van der Waals surface area contributed by atoms with Gasteiger partial charge >= 0.3 is 0 Å². The van der Waals surface area contributed by atoms with Crippen LogP contribution in [0.3, 0.4) is 0 Å². The zero-order valence-electron chi connectivity index (χ0n) is 12.5. The van der Waals surface area contributed by atoms with Gasteiger partial charge in [0.2, 0.25) is 0 Å². The Balaban J connectivity index is 2.65. The molecular formula is C16H21N3O. The van der Waals surface area contributed by atoms with Crippen LogP contribution in [0.2, 0.25) is 0 Å². The number of aryl methyl sites for hydroxylation is 3. The van der Waals surface area contributed by atoms with Gasteiger partial charge in [-0.25, -0.2) is 4.68 Å². The maximum Gasteiger partial charge on any atom is 0.271 e. The summed E-state index contributed by atoms with van der Waals surface area (Å²) in [6.07, 6.45) is 0. The predicted octanol–water partition coefficient (Wildman–Crippen LogP) is 2.57. The standard InChI is InChI=1S/C16H21N3O/c1-5-19-16(20)14(12(4)17)9-15(18-19)13-7-6-10(2)11(3)8-13/h6-9,12H,5,17H2,1-4H3. The molecule has 2 rings (SSSR count). The smallest absolute Gasteiger partial charge is 0.271 e. The Labute approximate surface area is 119 Å². The van der Waals surface area contributed by atoms with E-state index in [-0.39, 0.29) is 11.6 Å². The molecule has 0 spiro atoms. The molecule has 2 aromatic rings. The second-order valence-electron chi connectivity index (χ2n) is 5.19. The highest BCUT2D eigenvalue weighted by molar-refractivity contribution is 5.61. The van der Waals surface area contributed by atoms with Crippen LogP contribution in [0.1, 0.15) is 36.6 Å². The summed E-state index contributed by atoms with van der Waals surface area (Å²) in [5, 5.41) is 4.42. The minimum absolute atomic E-state index is 0.102. The first-order valence-corrected chi connectivity index (χ1v) is 6.89. The zero-order chi connectivity index (χ0) is 14.9. The number of aromatic nitrogens is 2. The summed E-state index contributed by atoms with van der Waals surface area (Å²) in [6.45, 7) is 8.41. The van der Waals surface area contributed by atoms with Crippen molar-refractivity contribution in [3.63, 3.8) is 0 Å². The van der Waals surface area contributed by atoms with Crippen molar-refractivity contribution in [1.82, 2.24) is 9.78 Å². The minimum Gasteiger partial charge on any atom is -0.324 e. The third-order valence-electron chi connectivity index (χ3n) is 3.59. The summed E-state index contributed by atoms with van der Waals surface area (Å²) in [5.41, 5.74) is 10.7. The lowest BCUT2D eigenvalue weighted by atomic mass is 10.0. The number of hydrogen-bond acceptors (Lipinski definition) is 3. The highest BCUT2D eigenvalue weighted by Gasteiger charge is 2.12. The van der Waals surface area contributed by atoms with Crippen molar-refractivity contribution in [2.24, 2.45) is 5.73 Å². The van der Waals surface area contributed by atoms with Gasteiger partial charge in [-0.3, -0.25) is 4.79 Å².